The van der Waals surface area contributed by atoms with Crippen molar-refractivity contribution in [2.45, 2.75) is 18.6 Å². The molecule has 2 aromatic rings. The molecule has 1 aromatic carbocycles. The van der Waals surface area contributed by atoms with Crippen LogP contribution in [0, 0.1) is 5.92 Å². The maximum absolute atomic E-state index is 6.06. The number of hydrogen-bond acceptors (Lipinski definition) is 5. The second kappa shape index (κ2) is 4.46. The van der Waals surface area contributed by atoms with E-state index in [1.165, 1.54) is 36.0 Å². The molecule has 1 spiro atoms. The lowest BCUT2D eigenvalue weighted by molar-refractivity contribution is -0.190. The van der Waals surface area contributed by atoms with Crippen molar-refractivity contribution in [1.82, 2.24) is 9.80 Å². The van der Waals surface area contributed by atoms with Crippen molar-refractivity contribution >= 4 is 27.3 Å². The van der Waals surface area contributed by atoms with Gasteiger partial charge < -0.3 is 9.74 Å². The van der Waals surface area contributed by atoms with E-state index in [0.29, 0.717) is 5.92 Å². The first-order chi connectivity index (χ1) is 10.8. The summed E-state index contributed by atoms with van der Waals surface area (Å²) in [5.41, 5.74) is 0.914. The van der Waals surface area contributed by atoms with Gasteiger partial charge in [-0.05, 0) is 61.0 Å². The first kappa shape index (κ1) is 12.9. The standard InChI is InChI=1S/C17H19N3OS/c1-19-16(13-2-3-15-12(10-13)6-9-22-15)18-21-17(19)11-20-7-4-14(17)5-8-20/h2-3,6,9-10,14H,4-5,7-8,11H2,1H3/t17-/m1/s1. The van der Waals surface area contributed by atoms with Crippen molar-refractivity contribution in [3.05, 3.63) is 35.2 Å². The molecule has 5 heteroatoms. The Morgan fingerprint density at radius 1 is 1.27 bits per heavy atom. The highest BCUT2D eigenvalue weighted by Crippen LogP contribution is 2.43. The molecule has 0 saturated carbocycles. The van der Waals surface area contributed by atoms with Gasteiger partial charge in [-0.25, -0.2) is 0 Å². The third kappa shape index (κ3) is 1.64. The number of oxime groups is 1. The number of piperidine rings is 3. The molecule has 6 rings (SSSR count). The van der Waals surface area contributed by atoms with E-state index in [-0.39, 0.29) is 5.72 Å². The minimum absolute atomic E-state index is 0.241. The van der Waals surface area contributed by atoms with Crippen molar-refractivity contribution in [3.63, 3.8) is 0 Å². The van der Waals surface area contributed by atoms with E-state index in [4.69, 9.17) is 4.84 Å². The van der Waals surface area contributed by atoms with E-state index in [9.17, 15) is 0 Å². The Morgan fingerprint density at radius 3 is 2.91 bits per heavy atom. The molecule has 0 amide bonds. The molecule has 1 atom stereocenters. The van der Waals surface area contributed by atoms with Gasteiger partial charge in [-0.3, -0.25) is 4.90 Å². The zero-order valence-electron chi connectivity index (χ0n) is 12.7. The summed E-state index contributed by atoms with van der Waals surface area (Å²) in [6.45, 7) is 3.39. The highest BCUT2D eigenvalue weighted by molar-refractivity contribution is 7.17. The van der Waals surface area contributed by atoms with Gasteiger partial charge in [0.1, 0.15) is 0 Å². The van der Waals surface area contributed by atoms with Gasteiger partial charge in [0, 0.05) is 23.2 Å². The first-order valence-corrected chi connectivity index (χ1v) is 8.84. The average molecular weight is 313 g/mol. The SMILES string of the molecule is CN1C(c2ccc3sccc3c2)=NO[C@@]12CN1CCC2CC1. The number of nitrogens with zero attached hydrogens (tertiary/aromatic N) is 3. The fourth-order valence-electron chi connectivity index (χ4n) is 4.25. The molecule has 0 aliphatic carbocycles. The van der Waals surface area contributed by atoms with Gasteiger partial charge in [0.15, 0.2) is 5.84 Å². The quantitative estimate of drug-likeness (QED) is 0.810. The fraction of sp³-hybridized carbons (Fsp3) is 0.471. The molecule has 5 heterocycles. The van der Waals surface area contributed by atoms with E-state index in [2.05, 4.69) is 51.6 Å². The van der Waals surface area contributed by atoms with Gasteiger partial charge in [0.2, 0.25) is 5.72 Å². The molecule has 4 nitrogen and oxygen atoms in total. The fourth-order valence-corrected chi connectivity index (χ4v) is 5.02. The molecule has 3 saturated heterocycles. The van der Waals surface area contributed by atoms with Crippen molar-refractivity contribution in [3.8, 4) is 0 Å². The van der Waals surface area contributed by atoms with Crippen LogP contribution in [0.3, 0.4) is 0 Å². The van der Waals surface area contributed by atoms with Crippen molar-refractivity contribution in [1.29, 1.82) is 0 Å². The van der Waals surface area contributed by atoms with Crippen LogP contribution in [-0.2, 0) is 4.84 Å². The Bertz CT molecular complexity index is 762. The van der Waals surface area contributed by atoms with Crippen LogP contribution in [0.15, 0.2) is 34.8 Å². The Balaban J connectivity index is 1.51. The van der Waals surface area contributed by atoms with Crippen LogP contribution in [0.4, 0.5) is 0 Å². The van der Waals surface area contributed by atoms with Crippen molar-refractivity contribution in [2.75, 3.05) is 26.7 Å². The predicted octanol–water partition coefficient (Wildman–Crippen LogP) is 2.95. The molecule has 4 aliphatic rings. The van der Waals surface area contributed by atoms with E-state index in [0.717, 1.165) is 17.9 Å². The van der Waals surface area contributed by atoms with Crippen LogP contribution < -0.4 is 0 Å². The maximum Gasteiger partial charge on any atom is 0.226 e. The summed E-state index contributed by atoms with van der Waals surface area (Å²) in [4.78, 5) is 10.9. The number of benzene rings is 1. The molecule has 1 aromatic heterocycles. The maximum atomic E-state index is 6.06. The predicted molar refractivity (Wildman–Crippen MR) is 89.1 cm³/mol. The largest absolute Gasteiger partial charge is 0.363 e. The number of fused-ring (bicyclic) bond motifs is 3. The van der Waals surface area contributed by atoms with Crippen LogP contribution in [-0.4, -0.2) is 48.0 Å². The summed E-state index contributed by atoms with van der Waals surface area (Å²) in [6, 6.07) is 8.75. The number of rotatable bonds is 1. The Kier molecular flexibility index (Phi) is 2.62. The second-order valence-electron chi connectivity index (χ2n) is 6.63. The topological polar surface area (TPSA) is 28.1 Å². The molecule has 3 fully saturated rings. The summed E-state index contributed by atoms with van der Waals surface area (Å²) in [5.74, 6) is 1.57. The van der Waals surface area contributed by atoms with E-state index >= 15 is 0 Å². The Morgan fingerprint density at radius 2 is 2.14 bits per heavy atom. The van der Waals surface area contributed by atoms with Crippen molar-refractivity contribution < 1.29 is 4.84 Å². The highest BCUT2D eigenvalue weighted by atomic mass is 32.1. The molecule has 114 valence electrons. The van der Waals surface area contributed by atoms with Gasteiger partial charge in [-0.1, -0.05) is 5.16 Å². The van der Waals surface area contributed by atoms with Gasteiger partial charge in [0.25, 0.3) is 0 Å². The minimum atomic E-state index is -0.241. The minimum Gasteiger partial charge on any atom is -0.363 e. The molecule has 2 bridgehead atoms. The Labute approximate surface area is 134 Å². The van der Waals surface area contributed by atoms with E-state index in [1.54, 1.807) is 11.3 Å². The molecular formula is C17H19N3OS. The van der Waals surface area contributed by atoms with Crippen LogP contribution in [0.5, 0.6) is 0 Å². The second-order valence-corrected chi connectivity index (χ2v) is 7.58. The normalized spacial score (nSPS) is 33.5. The number of likely N-dealkylation sites (N-methyl/N-ethyl adjacent to an activating group) is 1. The van der Waals surface area contributed by atoms with Crippen LogP contribution in [0.1, 0.15) is 18.4 Å². The zero-order chi connectivity index (χ0) is 14.7. The van der Waals surface area contributed by atoms with Crippen LogP contribution >= 0.6 is 11.3 Å². The van der Waals surface area contributed by atoms with Crippen LogP contribution in [0.25, 0.3) is 10.1 Å². The molecular weight excluding hydrogens is 294 g/mol. The zero-order valence-corrected chi connectivity index (χ0v) is 13.5. The molecule has 0 radical (unpaired) electrons. The van der Waals surface area contributed by atoms with Gasteiger partial charge in [0.05, 0.1) is 6.54 Å². The van der Waals surface area contributed by atoms with Gasteiger partial charge in [-0.15, -0.1) is 11.3 Å². The molecule has 0 unspecified atom stereocenters. The first-order valence-electron chi connectivity index (χ1n) is 7.96. The smallest absolute Gasteiger partial charge is 0.226 e. The van der Waals surface area contributed by atoms with E-state index in [1.807, 2.05) is 0 Å². The number of thiophene rings is 1. The van der Waals surface area contributed by atoms with Crippen molar-refractivity contribution in [2.24, 2.45) is 11.1 Å². The van der Waals surface area contributed by atoms with Gasteiger partial charge in [-0.2, -0.15) is 0 Å². The number of amidine groups is 1. The third-order valence-electron chi connectivity index (χ3n) is 5.56. The summed E-state index contributed by atoms with van der Waals surface area (Å²) >= 11 is 1.78. The number of hydrogen-bond donors (Lipinski definition) is 0. The van der Waals surface area contributed by atoms with E-state index < -0.39 is 0 Å². The average Bonchev–Trinajstić information content (AvgIpc) is 3.14. The molecule has 0 N–H and O–H groups in total. The monoisotopic (exact) mass is 313 g/mol. The molecule has 4 aliphatic heterocycles. The Hall–Kier alpha value is -1.59. The third-order valence-corrected chi connectivity index (χ3v) is 6.46. The summed E-state index contributed by atoms with van der Waals surface area (Å²) in [6.07, 6.45) is 2.44. The summed E-state index contributed by atoms with van der Waals surface area (Å²) < 4.78 is 1.32. The lowest BCUT2D eigenvalue weighted by atomic mass is 9.80. The highest BCUT2D eigenvalue weighted by Gasteiger charge is 2.55. The lowest BCUT2D eigenvalue weighted by Crippen LogP contribution is -2.65. The summed E-state index contributed by atoms with van der Waals surface area (Å²) in [7, 11) is 2.14. The summed E-state index contributed by atoms with van der Waals surface area (Å²) in [5, 5.41) is 7.92. The van der Waals surface area contributed by atoms with Crippen LogP contribution in [0.2, 0.25) is 0 Å². The molecule has 22 heavy (non-hydrogen) atoms. The lowest BCUT2D eigenvalue weighted by Gasteiger charge is -2.52. The van der Waals surface area contributed by atoms with Gasteiger partial charge >= 0.3 is 0 Å².